The Labute approximate surface area is 309 Å². The smallest absolute Gasteiger partial charge is 0.472 e. The Hall–Kier alpha value is -2.04. The fraction of sp³-hybridized carbons (Fsp3) is 0.821. The van der Waals surface area contributed by atoms with Crippen molar-refractivity contribution in [3.63, 3.8) is 0 Å². The summed E-state index contributed by atoms with van der Waals surface area (Å²) in [6.45, 7) is 2.72. The Balaban J connectivity index is 4.47. The molecule has 12 heteroatoms. The first-order chi connectivity index (χ1) is 24.6. The van der Waals surface area contributed by atoms with E-state index >= 15 is 0 Å². The van der Waals surface area contributed by atoms with Crippen molar-refractivity contribution in [1.29, 1.82) is 0 Å². The van der Waals surface area contributed by atoms with Gasteiger partial charge in [0.2, 0.25) is 0 Å². The molecule has 0 aliphatic rings. The number of hydrogen-bond acceptors (Lipinski definition) is 9. The Kier molecular flexibility index (Phi) is 33.6. The summed E-state index contributed by atoms with van der Waals surface area (Å²) in [7, 11) is -4.72. The lowest BCUT2D eigenvalue weighted by Crippen LogP contribution is -2.34. The minimum atomic E-state index is -4.72. The monoisotopic (exact) mass is 745 g/mol. The van der Waals surface area contributed by atoms with E-state index in [0.717, 1.165) is 51.4 Å². The molecule has 0 fully saturated rings. The number of esters is 2. The van der Waals surface area contributed by atoms with Gasteiger partial charge in [-0.1, -0.05) is 134 Å². The van der Waals surface area contributed by atoms with Crippen LogP contribution in [0, 0.1) is 0 Å². The zero-order valence-electron chi connectivity index (χ0n) is 31.9. The molecule has 0 radical (unpaired) electrons. The van der Waals surface area contributed by atoms with Crippen LogP contribution in [0.4, 0.5) is 0 Å². The van der Waals surface area contributed by atoms with Gasteiger partial charge in [-0.3, -0.25) is 23.4 Å². The normalized spacial score (nSPS) is 14.1. The van der Waals surface area contributed by atoms with E-state index in [1.54, 1.807) is 0 Å². The van der Waals surface area contributed by atoms with Crippen molar-refractivity contribution in [2.45, 2.75) is 187 Å². The first kappa shape index (κ1) is 49.0. The van der Waals surface area contributed by atoms with Gasteiger partial charge in [-0.2, -0.15) is 0 Å². The second-order valence-corrected chi connectivity index (χ2v) is 14.9. The van der Waals surface area contributed by atoms with Crippen LogP contribution in [0.5, 0.6) is 0 Å². The maximum absolute atomic E-state index is 12.5. The zero-order chi connectivity index (χ0) is 37.8. The molecular weight excluding hydrogens is 673 g/mol. The van der Waals surface area contributed by atoms with E-state index in [1.807, 2.05) is 6.08 Å². The summed E-state index contributed by atoms with van der Waals surface area (Å²) in [5, 5.41) is 8.86. The third-order valence-electron chi connectivity index (χ3n) is 8.44. The molecule has 1 unspecified atom stereocenters. The van der Waals surface area contributed by atoms with Gasteiger partial charge < -0.3 is 25.2 Å². The molecule has 3 atom stereocenters. The molecule has 0 saturated heterocycles. The van der Waals surface area contributed by atoms with E-state index in [-0.39, 0.29) is 19.4 Å². The predicted molar refractivity (Wildman–Crippen MR) is 203 cm³/mol. The van der Waals surface area contributed by atoms with Crippen molar-refractivity contribution in [3.05, 3.63) is 24.3 Å². The van der Waals surface area contributed by atoms with Gasteiger partial charge in [0.1, 0.15) is 12.6 Å². The highest BCUT2D eigenvalue weighted by Crippen LogP contribution is 2.43. The molecule has 0 aromatic heterocycles. The van der Waals surface area contributed by atoms with Crippen molar-refractivity contribution in [3.8, 4) is 0 Å². The number of carboxylic acids is 1. The van der Waals surface area contributed by atoms with Crippen LogP contribution < -0.4 is 5.73 Å². The Morgan fingerprint density at radius 3 is 1.55 bits per heavy atom. The average Bonchev–Trinajstić information content (AvgIpc) is 3.10. The highest BCUT2D eigenvalue weighted by Gasteiger charge is 2.28. The summed E-state index contributed by atoms with van der Waals surface area (Å²) < 4.78 is 32.5. The number of allylic oxidation sites excluding steroid dienone is 4. The first-order valence-electron chi connectivity index (χ1n) is 19.9. The van der Waals surface area contributed by atoms with Gasteiger partial charge >= 0.3 is 25.7 Å². The van der Waals surface area contributed by atoms with Crippen LogP contribution in [0.15, 0.2) is 24.3 Å². The van der Waals surface area contributed by atoms with Gasteiger partial charge in [-0.05, 0) is 51.4 Å². The second kappa shape index (κ2) is 35.0. The third kappa shape index (κ3) is 34.8. The quantitative estimate of drug-likeness (QED) is 0.0239. The van der Waals surface area contributed by atoms with Gasteiger partial charge in [0.05, 0.1) is 13.2 Å². The van der Waals surface area contributed by atoms with Gasteiger partial charge in [0.15, 0.2) is 6.10 Å². The van der Waals surface area contributed by atoms with E-state index in [9.17, 15) is 23.8 Å². The van der Waals surface area contributed by atoms with Crippen LogP contribution in [0.25, 0.3) is 0 Å². The highest BCUT2D eigenvalue weighted by molar-refractivity contribution is 7.47. The molecule has 0 heterocycles. The molecule has 0 spiro atoms. The number of phosphoric ester groups is 1. The molecule has 0 rings (SSSR count). The molecule has 298 valence electrons. The number of hydrogen-bond donors (Lipinski definition) is 3. The summed E-state index contributed by atoms with van der Waals surface area (Å²) in [6, 6.07) is -1.52. The Morgan fingerprint density at radius 1 is 0.588 bits per heavy atom. The van der Waals surface area contributed by atoms with E-state index in [0.29, 0.717) is 12.8 Å². The SMILES string of the molecule is CCCCC/C=C/CCCCCCCC(=O)OC[C@H](COP(=O)(O)OC[C@H](N)C(=O)O)OC(=O)CC/C=C/CCCCCCCCCCCCC. The molecule has 0 saturated carbocycles. The van der Waals surface area contributed by atoms with Crippen molar-refractivity contribution < 1.29 is 47.5 Å². The predicted octanol–water partition coefficient (Wildman–Crippen LogP) is 9.89. The average molecular weight is 746 g/mol. The number of aliphatic carboxylic acids is 1. The van der Waals surface area contributed by atoms with Crippen LogP contribution in [-0.4, -0.2) is 59.9 Å². The molecule has 0 aromatic carbocycles. The molecule has 51 heavy (non-hydrogen) atoms. The Bertz CT molecular complexity index is 974. The topological polar surface area (TPSA) is 172 Å². The van der Waals surface area contributed by atoms with Crippen LogP contribution in [0.1, 0.15) is 174 Å². The van der Waals surface area contributed by atoms with E-state index in [4.69, 9.17) is 24.8 Å². The summed E-state index contributed by atoms with van der Waals surface area (Å²) in [5.41, 5.74) is 5.31. The summed E-state index contributed by atoms with van der Waals surface area (Å²) >= 11 is 0. The van der Waals surface area contributed by atoms with E-state index in [2.05, 4.69) is 36.6 Å². The maximum atomic E-state index is 12.5. The summed E-state index contributed by atoms with van der Waals surface area (Å²) in [6.07, 6.45) is 34.0. The van der Waals surface area contributed by atoms with Gasteiger partial charge in [-0.25, -0.2) is 4.57 Å². The molecule has 0 amide bonds. The van der Waals surface area contributed by atoms with Crippen LogP contribution in [-0.2, 0) is 37.5 Å². The lowest BCUT2D eigenvalue weighted by atomic mass is 10.1. The number of carboxylic acid groups (broad SMARTS) is 1. The van der Waals surface area contributed by atoms with Crippen LogP contribution >= 0.6 is 7.82 Å². The number of phosphoric acid groups is 1. The lowest BCUT2D eigenvalue weighted by Gasteiger charge is -2.20. The minimum Gasteiger partial charge on any atom is -0.480 e. The highest BCUT2D eigenvalue weighted by atomic mass is 31.2. The maximum Gasteiger partial charge on any atom is 0.472 e. The zero-order valence-corrected chi connectivity index (χ0v) is 32.8. The number of unbranched alkanes of at least 4 members (excludes halogenated alkanes) is 19. The third-order valence-corrected chi connectivity index (χ3v) is 9.39. The fourth-order valence-electron chi connectivity index (χ4n) is 5.25. The van der Waals surface area contributed by atoms with Gasteiger partial charge in [-0.15, -0.1) is 0 Å². The molecule has 0 bridgehead atoms. The number of carbonyl (C=O) groups excluding carboxylic acids is 2. The molecule has 0 aliphatic heterocycles. The molecule has 4 N–H and O–H groups in total. The number of rotatable bonds is 37. The van der Waals surface area contributed by atoms with Crippen molar-refractivity contribution >= 4 is 25.7 Å². The summed E-state index contributed by atoms with van der Waals surface area (Å²) in [4.78, 5) is 45.7. The molecular formula is C39H72NO10P. The molecule has 0 aliphatic carbocycles. The van der Waals surface area contributed by atoms with Crippen molar-refractivity contribution in [2.24, 2.45) is 5.73 Å². The van der Waals surface area contributed by atoms with Crippen molar-refractivity contribution in [1.82, 2.24) is 0 Å². The van der Waals surface area contributed by atoms with Gasteiger partial charge in [0.25, 0.3) is 0 Å². The number of ether oxygens (including phenoxy) is 2. The van der Waals surface area contributed by atoms with Gasteiger partial charge in [0, 0.05) is 12.8 Å². The van der Waals surface area contributed by atoms with E-state index in [1.165, 1.54) is 83.5 Å². The van der Waals surface area contributed by atoms with E-state index < -0.39 is 51.1 Å². The lowest BCUT2D eigenvalue weighted by molar-refractivity contribution is -0.161. The fourth-order valence-corrected chi connectivity index (χ4v) is 6.03. The first-order valence-corrected chi connectivity index (χ1v) is 21.4. The number of nitrogens with two attached hydrogens (primary N) is 1. The summed E-state index contributed by atoms with van der Waals surface area (Å²) in [5.74, 6) is -2.45. The minimum absolute atomic E-state index is 0.0780. The standard InChI is InChI=1S/C39H72NO10P/c1-3-5-7-9-11-13-15-17-18-19-21-23-25-27-29-31-38(42)50-35(33-48-51(45,46)49-34-36(40)39(43)44)32-47-37(41)30-28-26-24-22-20-16-14-12-10-8-6-4-2/h12,14,25,27,35-36H,3-11,13,15-24,26,28-34,40H2,1-2H3,(H,43,44)(H,45,46)/b14-12+,27-25+/t35-,36+/m1/s1. The van der Waals surface area contributed by atoms with Crippen LogP contribution in [0.2, 0.25) is 0 Å². The largest absolute Gasteiger partial charge is 0.480 e. The second-order valence-electron chi connectivity index (χ2n) is 13.4. The van der Waals surface area contributed by atoms with Crippen LogP contribution in [0.3, 0.4) is 0 Å². The molecule has 0 aromatic rings. The van der Waals surface area contributed by atoms with Crippen molar-refractivity contribution in [2.75, 3.05) is 19.8 Å². The Morgan fingerprint density at radius 2 is 1.02 bits per heavy atom. The number of carbonyl (C=O) groups is 3. The molecule has 11 nitrogen and oxygen atoms in total.